The Morgan fingerprint density at radius 2 is 2.00 bits per heavy atom. The van der Waals surface area contributed by atoms with Crippen LogP contribution in [0.5, 0.6) is 0 Å². The molecule has 0 saturated carbocycles. The molecule has 0 fully saturated rings. The van der Waals surface area contributed by atoms with E-state index in [0.29, 0.717) is 5.92 Å². The number of oxime groups is 1. The monoisotopic (exact) mass is 355 g/mol. The predicted octanol–water partition coefficient (Wildman–Crippen LogP) is 1.83. The molecule has 0 saturated heterocycles. The fraction of sp³-hybridized carbons (Fsp3) is 0.667. The molecule has 0 aromatic rings. The maximum absolute atomic E-state index is 4.30. The zero-order chi connectivity index (χ0) is 6.57. The van der Waals surface area contributed by atoms with Crippen LogP contribution < -0.4 is 0 Å². The van der Waals surface area contributed by atoms with Gasteiger partial charge in [0.2, 0.25) is 0 Å². The van der Waals surface area contributed by atoms with Crippen molar-refractivity contribution in [3.8, 4) is 0 Å². The van der Waals surface area contributed by atoms with Crippen molar-refractivity contribution in [3.63, 3.8) is 0 Å². The molecule has 0 rings (SSSR count). The predicted molar refractivity (Wildman–Crippen MR) is 34.4 cm³/mol. The summed E-state index contributed by atoms with van der Waals surface area (Å²) in [6.45, 7) is 6.02. The van der Waals surface area contributed by atoms with Crippen molar-refractivity contribution in [2.75, 3.05) is 0 Å². The van der Waals surface area contributed by atoms with Crippen LogP contribution in [0.15, 0.2) is 5.16 Å². The summed E-state index contributed by atoms with van der Waals surface area (Å²) < 4.78 is 0. The van der Waals surface area contributed by atoms with E-state index in [9.17, 15) is 0 Å². The number of nitrogens with zero attached hydrogens (tertiary/aromatic N) is 1. The summed E-state index contributed by atoms with van der Waals surface area (Å²) in [6, 6.07) is 0. The molecule has 0 amide bonds. The third-order valence-electron chi connectivity index (χ3n) is 1.04. The molecule has 9 heavy (non-hydrogen) atoms. The Morgan fingerprint density at radius 1 is 1.56 bits per heavy atom. The first-order valence-electron chi connectivity index (χ1n) is 2.64. The molecule has 0 aromatic carbocycles. The van der Waals surface area contributed by atoms with Crippen LogP contribution in [-0.4, -0.2) is 5.71 Å². The fourth-order valence-corrected chi connectivity index (χ4v) is 0.207. The van der Waals surface area contributed by atoms with Gasteiger partial charge in [-0.15, -0.1) is 12.3 Å². The van der Waals surface area contributed by atoms with Gasteiger partial charge in [0.1, 0.15) is 0 Å². The molecule has 1 radical (unpaired) electrons. The van der Waals surface area contributed by atoms with E-state index in [1.54, 1.807) is 0 Å². The van der Waals surface area contributed by atoms with Crippen LogP contribution in [0.25, 0.3) is 0 Å². The van der Waals surface area contributed by atoms with Crippen LogP contribution in [0.4, 0.5) is 0 Å². The molecule has 3 heteroatoms. The van der Waals surface area contributed by atoms with Crippen molar-refractivity contribution in [1.82, 2.24) is 0 Å². The van der Waals surface area contributed by atoms with Crippen LogP contribution in [0, 0.1) is 27.3 Å². The fourth-order valence-electron chi connectivity index (χ4n) is 0.207. The van der Waals surface area contributed by atoms with E-state index in [0.717, 1.165) is 5.71 Å². The maximum Gasteiger partial charge on any atom is 0.0535 e. The van der Waals surface area contributed by atoms with E-state index >= 15 is 0 Å². The molecule has 0 heterocycles. The Balaban J connectivity index is 0. The summed E-state index contributed by atoms with van der Waals surface area (Å²) in [6.07, 6.45) is 0. The topological polar surface area (TPSA) is 21.6 Å². The van der Waals surface area contributed by atoms with Gasteiger partial charge in [0.15, 0.2) is 0 Å². The van der Waals surface area contributed by atoms with Crippen molar-refractivity contribution < 1.29 is 19.1 Å². The van der Waals surface area contributed by atoms with Crippen LogP contribution in [0.2, 0.25) is 0 Å². The average Bonchev–Trinajstić information content (AvgIpc) is 1.67. The average molecular weight is 357 g/mol. The zero-order valence-electron chi connectivity index (χ0n) is 6.02. The molecule has 0 aliphatic carbocycles. The minimum absolute atomic E-state index is 0. The van der Waals surface area contributed by atoms with Gasteiger partial charge in [-0.25, -0.2) is 0 Å². The molecule has 0 aliphatic rings. The SMILES string of the molecule is [Am].[CH2-]O/N=C(/C)C(C)C. The molecule has 2 nitrogen and oxygen atoms in total. The second-order valence-electron chi connectivity index (χ2n) is 2.02. The third kappa shape index (κ3) is 5.74. The Bertz CT molecular complexity index is 91.1. The Hall–Kier alpha value is -0.140. The molecular formula is C6H12AmNO-. The Morgan fingerprint density at radius 3 is 2.11 bits per heavy atom. The van der Waals surface area contributed by atoms with Crippen molar-refractivity contribution in [3.05, 3.63) is 7.11 Å². The van der Waals surface area contributed by atoms with Crippen LogP contribution in [-0.2, 0) is 4.84 Å². The number of hydrogen-bond donors (Lipinski definition) is 0. The molecule has 0 aliphatic heterocycles. The van der Waals surface area contributed by atoms with E-state index in [1.165, 1.54) is 0 Å². The van der Waals surface area contributed by atoms with Gasteiger partial charge >= 0.3 is 0 Å². The first-order chi connectivity index (χ1) is 3.68. The normalized spacial score (nSPS) is 11.0. The minimum Gasteiger partial charge on any atom is -0.570 e. The van der Waals surface area contributed by atoms with Crippen molar-refractivity contribution in [1.29, 1.82) is 0 Å². The third-order valence-corrected chi connectivity index (χ3v) is 1.04. The van der Waals surface area contributed by atoms with Crippen LogP contribution in [0.3, 0.4) is 0 Å². The molecule has 0 unspecified atom stereocenters. The molecular weight excluding hydrogens is 345 g/mol. The van der Waals surface area contributed by atoms with E-state index in [1.807, 2.05) is 6.92 Å². The molecule has 0 bridgehead atoms. The van der Waals surface area contributed by atoms with Gasteiger partial charge in [-0.2, -0.15) is 0 Å². The van der Waals surface area contributed by atoms with Gasteiger partial charge in [-0.1, -0.05) is 13.8 Å². The van der Waals surface area contributed by atoms with Crippen molar-refractivity contribution >= 4 is 5.71 Å². The Labute approximate surface area is 64.5 Å². The maximum atomic E-state index is 4.30. The number of hydrogen-bond acceptors (Lipinski definition) is 2. The summed E-state index contributed by atoms with van der Waals surface area (Å²) in [5, 5.41) is 3.63. The smallest absolute Gasteiger partial charge is 0.0535 e. The first kappa shape index (κ1) is 11.6. The van der Waals surface area contributed by atoms with Gasteiger partial charge in [-0.3, -0.25) is 0 Å². The molecule has 0 spiro atoms. The van der Waals surface area contributed by atoms with Crippen molar-refractivity contribution in [2.45, 2.75) is 20.8 Å². The van der Waals surface area contributed by atoms with Gasteiger partial charge in [0.25, 0.3) is 0 Å². The summed E-state index contributed by atoms with van der Waals surface area (Å²) in [7, 11) is 3.12. The van der Waals surface area contributed by atoms with Gasteiger partial charge in [-0.05, 0) is 12.8 Å². The second kappa shape index (κ2) is 5.99. The summed E-state index contributed by atoms with van der Waals surface area (Å²) >= 11 is 0. The summed E-state index contributed by atoms with van der Waals surface area (Å²) in [4.78, 5) is 4.30. The molecule has 0 N–H and O–H groups in total. The zero-order valence-corrected chi connectivity index (χ0v) is 9.17. The van der Waals surface area contributed by atoms with Crippen LogP contribution in [0.1, 0.15) is 20.8 Å². The van der Waals surface area contributed by atoms with Gasteiger partial charge in [0.05, 0.1) is 5.71 Å². The summed E-state index contributed by atoms with van der Waals surface area (Å²) in [5.74, 6) is 0.455. The van der Waals surface area contributed by atoms with Crippen molar-refractivity contribution in [2.24, 2.45) is 11.1 Å². The van der Waals surface area contributed by atoms with Gasteiger partial charge < -0.3 is 4.84 Å². The van der Waals surface area contributed by atoms with E-state index < -0.39 is 0 Å². The largest absolute Gasteiger partial charge is 0.570 e. The van der Waals surface area contributed by atoms with E-state index in [4.69, 9.17) is 0 Å². The van der Waals surface area contributed by atoms with Crippen LogP contribution >= 0.6 is 0 Å². The van der Waals surface area contributed by atoms with E-state index in [2.05, 4.69) is 31.0 Å². The molecule has 55 valence electrons. The first-order valence-corrected chi connectivity index (χ1v) is 2.64. The standard InChI is InChI=1S/C6H12NO.Am/c1-5(2)6(3)7-8-4;/h5H,4H2,1-3H3;/q-1;/b7-6-;. The molecule has 0 aromatic heterocycles. The Kier molecular flexibility index (Phi) is 7.74. The second-order valence-corrected chi connectivity index (χ2v) is 2.02. The van der Waals surface area contributed by atoms with E-state index in [-0.39, 0.29) is 14.3 Å². The molecule has 0 atom stereocenters. The number of rotatable bonds is 2. The minimum atomic E-state index is 0. The van der Waals surface area contributed by atoms with Gasteiger partial charge in [0, 0.05) is 14.3 Å². The summed E-state index contributed by atoms with van der Waals surface area (Å²) in [5.41, 5.74) is 0.972. The quantitative estimate of drug-likeness (QED) is 0.420.